The van der Waals surface area contributed by atoms with Gasteiger partial charge in [0.2, 0.25) is 5.91 Å². The molecule has 0 fully saturated rings. The summed E-state index contributed by atoms with van der Waals surface area (Å²) in [6.07, 6.45) is 4.72. The molecule has 88 valence electrons. The van der Waals surface area contributed by atoms with Crippen LogP contribution in [0.3, 0.4) is 0 Å². The van der Waals surface area contributed by atoms with E-state index in [1.807, 2.05) is 0 Å². The van der Waals surface area contributed by atoms with E-state index in [-0.39, 0.29) is 12.5 Å². The molecule has 2 aromatic rings. The highest BCUT2D eigenvalue weighted by Gasteiger charge is 2.03. The lowest BCUT2D eigenvalue weighted by atomic mass is 10.4. The summed E-state index contributed by atoms with van der Waals surface area (Å²) in [5.41, 5.74) is 6.20. The molecule has 1 amide bonds. The summed E-state index contributed by atoms with van der Waals surface area (Å²) in [7, 11) is 0. The highest BCUT2D eigenvalue weighted by molar-refractivity contribution is 5.75. The van der Waals surface area contributed by atoms with Crippen molar-refractivity contribution in [3.8, 4) is 0 Å². The molecule has 0 aliphatic heterocycles. The Bertz CT molecular complexity index is 495. The van der Waals surface area contributed by atoms with Crippen LogP contribution in [0.15, 0.2) is 30.9 Å². The molecular formula is C10H12N6O. The number of rotatable bonds is 4. The molecule has 0 saturated heterocycles. The van der Waals surface area contributed by atoms with E-state index in [1.165, 1.54) is 11.0 Å². The van der Waals surface area contributed by atoms with Crippen LogP contribution < -0.4 is 11.1 Å². The number of hydrogen-bond donors (Lipinski definition) is 2. The fourth-order valence-electron chi connectivity index (χ4n) is 1.28. The Morgan fingerprint density at radius 3 is 3.00 bits per heavy atom. The van der Waals surface area contributed by atoms with Crippen LogP contribution in [0.1, 0.15) is 5.69 Å². The standard InChI is InChI=1S/C10H12N6O/c11-9-2-4-16(15-9)6-10(17)13-5-8-1-3-12-7-14-8/h1-4,7H,5-6H2,(H2,11,15)(H,13,17). The minimum absolute atomic E-state index is 0.141. The van der Waals surface area contributed by atoms with Crippen molar-refractivity contribution in [2.24, 2.45) is 0 Å². The third kappa shape index (κ3) is 3.26. The average Bonchev–Trinajstić information content (AvgIpc) is 2.73. The molecule has 0 atom stereocenters. The molecule has 0 saturated carbocycles. The molecule has 0 bridgehead atoms. The van der Waals surface area contributed by atoms with Crippen LogP contribution in [0.4, 0.5) is 5.82 Å². The van der Waals surface area contributed by atoms with Gasteiger partial charge in [0.05, 0.1) is 12.2 Å². The van der Waals surface area contributed by atoms with Gasteiger partial charge >= 0.3 is 0 Å². The monoisotopic (exact) mass is 232 g/mol. The largest absolute Gasteiger partial charge is 0.382 e. The van der Waals surface area contributed by atoms with Gasteiger partial charge in [-0.3, -0.25) is 9.48 Å². The summed E-state index contributed by atoms with van der Waals surface area (Å²) < 4.78 is 1.48. The quantitative estimate of drug-likeness (QED) is 0.745. The van der Waals surface area contributed by atoms with E-state index in [4.69, 9.17) is 5.73 Å². The summed E-state index contributed by atoms with van der Waals surface area (Å²) in [6.45, 7) is 0.514. The molecule has 7 nitrogen and oxygen atoms in total. The highest BCUT2D eigenvalue weighted by Crippen LogP contribution is 1.95. The van der Waals surface area contributed by atoms with Crippen molar-refractivity contribution in [3.05, 3.63) is 36.5 Å². The van der Waals surface area contributed by atoms with Crippen molar-refractivity contribution >= 4 is 11.7 Å². The lowest BCUT2D eigenvalue weighted by Crippen LogP contribution is -2.27. The first-order chi connectivity index (χ1) is 8.24. The minimum atomic E-state index is -0.147. The van der Waals surface area contributed by atoms with Gasteiger partial charge in [0.1, 0.15) is 18.7 Å². The van der Waals surface area contributed by atoms with Crippen molar-refractivity contribution < 1.29 is 4.79 Å². The predicted octanol–water partition coefficient (Wildman–Crippen LogP) is -0.428. The second-order valence-electron chi connectivity index (χ2n) is 3.42. The van der Waals surface area contributed by atoms with Gasteiger partial charge in [-0.2, -0.15) is 5.10 Å². The summed E-state index contributed by atoms with van der Waals surface area (Å²) >= 11 is 0. The Balaban J connectivity index is 1.82. The van der Waals surface area contributed by atoms with Crippen LogP contribution in [0.25, 0.3) is 0 Å². The number of nitrogen functional groups attached to an aromatic ring is 1. The number of nitrogens with zero attached hydrogens (tertiary/aromatic N) is 4. The molecule has 0 aromatic carbocycles. The first-order valence-corrected chi connectivity index (χ1v) is 5.04. The fourth-order valence-corrected chi connectivity index (χ4v) is 1.28. The zero-order valence-corrected chi connectivity index (χ0v) is 9.08. The predicted molar refractivity (Wildman–Crippen MR) is 60.5 cm³/mol. The lowest BCUT2D eigenvalue weighted by molar-refractivity contribution is -0.122. The molecule has 17 heavy (non-hydrogen) atoms. The van der Waals surface area contributed by atoms with Gasteiger partial charge in [-0.1, -0.05) is 0 Å². The van der Waals surface area contributed by atoms with Crippen molar-refractivity contribution in [2.45, 2.75) is 13.1 Å². The van der Waals surface area contributed by atoms with E-state index in [0.717, 1.165) is 5.69 Å². The smallest absolute Gasteiger partial charge is 0.242 e. The molecule has 0 spiro atoms. The number of hydrogen-bond acceptors (Lipinski definition) is 5. The summed E-state index contributed by atoms with van der Waals surface area (Å²) in [5, 5.41) is 6.64. The number of carbonyl (C=O) groups is 1. The normalized spacial score (nSPS) is 10.1. The number of nitrogens with one attached hydrogen (secondary N) is 1. The number of carbonyl (C=O) groups excluding carboxylic acids is 1. The molecule has 0 radical (unpaired) electrons. The van der Waals surface area contributed by atoms with Crippen molar-refractivity contribution in [3.63, 3.8) is 0 Å². The molecular weight excluding hydrogens is 220 g/mol. The summed E-state index contributed by atoms with van der Waals surface area (Å²) in [6, 6.07) is 3.38. The second-order valence-corrected chi connectivity index (χ2v) is 3.42. The van der Waals surface area contributed by atoms with Gasteiger partial charge < -0.3 is 11.1 Å². The SMILES string of the molecule is Nc1ccn(CC(=O)NCc2ccncn2)n1. The van der Waals surface area contributed by atoms with Gasteiger partial charge in [-0.15, -0.1) is 0 Å². The first kappa shape index (κ1) is 11.1. The van der Waals surface area contributed by atoms with Gasteiger partial charge in [0.25, 0.3) is 0 Å². The number of nitrogens with two attached hydrogens (primary N) is 1. The lowest BCUT2D eigenvalue weighted by Gasteiger charge is -2.04. The minimum Gasteiger partial charge on any atom is -0.382 e. The molecule has 7 heteroatoms. The van der Waals surface area contributed by atoms with E-state index in [9.17, 15) is 4.79 Å². The fraction of sp³-hybridized carbons (Fsp3) is 0.200. The van der Waals surface area contributed by atoms with E-state index >= 15 is 0 Å². The Kier molecular flexibility index (Phi) is 3.29. The molecule has 3 N–H and O–H groups in total. The zero-order valence-electron chi connectivity index (χ0n) is 9.08. The van der Waals surface area contributed by atoms with Crippen LogP contribution in [0.5, 0.6) is 0 Å². The Morgan fingerprint density at radius 1 is 1.47 bits per heavy atom. The highest BCUT2D eigenvalue weighted by atomic mass is 16.2. The average molecular weight is 232 g/mol. The van der Waals surface area contributed by atoms with Crippen molar-refractivity contribution in [1.82, 2.24) is 25.1 Å². The van der Waals surface area contributed by atoms with Gasteiger partial charge in [0.15, 0.2) is 0 Å². The van der Waals surface area contributed by atoms with E-state index in [0.29, 0.717) is 12.4 Å². The Hall–Kier alpha value is -2.44. The number of anilines is 1. The van der Waals surface area contributed by atoms with Gasteiger partial charge in [0, 0.05) is 12.4 Å². The molecule has 0 unspecified atom stereocenters. The molecule has 0 aliphatic carbocycles. The van der Waals surface area contributed by atoms with Gasteiger partial charge in [-0.05, 0) is 12.1 Å². The van der Waals surface area contributed by atoms with Crippen LogP contribution in [0, 0.1) is 0 Å². The molecule has 2 heterocycles. The van der Waals surface area contributed by atoms with E-state index < -0.39 is 0 Å². The molecule has 2 rings (SSSR count). The van der Waals surface area contributed by atoms with Gasteiger partial charge in [-0.25, -0.2) is 9.97 Å². The second kappa shape index (κ2) is 5.06. The topological polar surface area (TPSA) is 98.7 Å². The van der Waals surface area contributed by atoms with Crippen LogP contribution >= 0.6 is 0 Å². The maximum atomic E-state index is 11.5. The number of aromatic nitrogens is 4. The molecule has 0 aliphatic rings. The van der Waals surface area contributed by atoms with Crippen LogP contribution in [-0.2, 0) is 17.9 Å². The third-order valence-electron chi connectivity index (χ3n) is 2.08. The maximum absolute atomic E-state index is 11.5. The van der Waals surface area contributed by atoms with Crippen LogP contribution in [0.2, 0.25) is 0 Å². The van der Waals surface area contributed by atoms with Crippen molar-refractivity contribution in [1.29, 1.82) is 0 Å². The first-order valence-electron chi connectivity index (χ1n) is 5.04. The zero-order chi connectivity index (χ0) is 12.1. The van der Waals surface area contributed by atoms with E-state index in [2.05, 4.69) is 20.4 Å². The molecule has 2 aromatic heterocycles. The summed E-state index contributed by atoms with van der Waals surface area (Å²) in [5.74, 6) is 0.250. The van der Waals surface area contributed by atoms with Crippen molar-refractivity contribution in [2.75, 3.05) is 5.73 Å². The third-order valence-corrected chi connectivity index (χ3v) is 2.08. The Morgan fingerprint density at radius 2 is 2.35 bits per heavy atom. The summed E-state index contributed by atoms with van der Waals surface area (Å²) in [4.78, 5) is 19.3. The maximum Gasteiger partial charge on any atom is 0.242 e. The van der Waals surface area contributed by atoms with E-state index in [1.54, 1.807) is 24.5 Å². The van der Waals surface area contributed by atoms with Crippen LogP contribution in [-0.4, -0.2) is 25.7 Å². The Labute approximate surface area is 97.7 Å². The number of amides is 1.